The van der Waals surface area contributed by atoms with Gasteiger partial charge in [-0.25, -0.2) is 13.4 Å². The highest BCUT2D eigenvalue weighted by Crippen LogP contribution is 2.16. The molecule has 2 aromatic carbocycles. The number of hydrogen-bond donors (Lipinski definition) is 2. The summed E-state index contributed by atoms with van der Waals surface area (Å²) in [5, 5.41) is 7.98. The van der Waals surface area contributed by atoms with Crippen LogP contribution >= 0.6 is 11.3 Å². The van der Waals surface area contributed by atoms with E-state index >= 15 is 0 Å². The number of hydrogen-bond acceptors (Lipinski definition) is 8. The quantitative estimate of drug-likeness (QED) is 0.310. The van der Waals surface area contributed by atoms with E-state index in [1.54, 1.807) is 35.8 Å². The fourth-order valence-corrected chi connectivity index (χ4v) is 6.63. The molecule has 1 aromatic heterocycles. The van der Waals surface area contributed by atoms with E-state index in [9.17, 15) is 18.0 Å². The van der Waals surface area contributed by atoms with E-state index in [-0.39, 0.29) is 11.5 Å². The number of nitrogens with one attached hydrogen (secondary N) is 2. The van der Waals surface area contributed by atoms with Gasteiger partial charge in [0.15, 0.2) is 14.8 Å². The van der Waals surface area contributed by atoms with Crippen molar-refractivity contribution in [1.29, 1.82) is 0 Å². The highest BCUT2D eigenvalue weighted by atomic mass is 32.2. The minimum atomic E-state index is -3.66. The van der Waals surface area contributed by atoms with Gasteiger partial charge in [0.25, 0.3) is 0 Å². The zero-order chi connectivity index (χ0) is 26.8. The van der Waals surface area contributed by atoms with E-state index < -0.39 is 39.8 Å². The summed E-state index contributed by atoms with van der Waals surface area (Å²) in [6.07, 6.45) is 4.57. The normalized spacial score (nSPS) is 17.4. The summed E-state index contributed by atoms with van der Waals surface area (Å²) in [6, 6.07) is 16.7. The van der Waals surface area contributed by atoms with Crippen LogP contribution in [0.3, 0.4) is 0 Å². The van der Waals surface area contributed by atoms with E-state index in [1.165, 1.54) is 11.3 Å². The van der Waals surface area contributed by atoms with Crippen LogP contribution < -0.4 is 10.6 Å². The molecule has 2 N–H and O–H groups in total. The second kappa shape index (κ2) is 13.7. The molecule has 1 saturated heterocycles. The van der Waals surface area contributed by atoms with Gasteiger partial charge in [0.1, 0.15) is 12.3 Å². The Bertz CT molecular complexity index is 1260. The molecule has 1 amide bonds. The van der Waals surface area contributed by atoms with Crippen LogP contribution in [0.5, 0.6) is 0 Å². The number of benzene rings is 2. The first-order valence-corrected chi connectivity index (χ1v) is 15.5. The molecular formula is C28H33N3O5S2. The monoisotopic (exact) mass is 555 g/mol. The fraction of sp³-hybridized carbons (Fsp3) is 0.393. The average Bonchev–Trinajstić information content (AvgIpc) is 3.47. The summed E-state index contributed by atoms with van der Waals surface area (Å²) in [4.78, 5) is 31.0. The van der Waals surface area contributed by atoms with Crippen molar-refractivity contribution in [2.45, 2.75) is 56.2 Å². The predicted molar refractivity (Wildman–Crippen MR) is 148 cm³/mol. The Hall–Kier alpha value is -2.92. The molecule has 2 heterocycles. The predicted octanol–water partition coefficient (Wildman–Crippen LogP) is 3.54. The fourth-order valence-electron chi connectivity index (χ4n) is 4.43. The molecule has 3 atom stereocenters. The standard InChI is InChI=1S/C28H33N3O5S2/c32-26(28-29-16-18-37-28)23(15-14-21-9-3-1-4-10-21)31-27(33)24(30-25-13-7-8-17-36-25)20-38(34,35)19-22-11-5-2-6-12-22/h1-6,9-12,16,18,23-25,30H,7-8,13-15,17,19-20H2,(H,31,33)/t23?,24-,25-/m1/s1. The van der Waals surface area contributed by atoms with Gasteiger partial charge in [-0.1, -0.05) is 60.7 Å². The molecule has 8 nitrogen and oxygen atoms in total. The maximum atomic E-state index is 13.6. The Morgan fingerprint density at radius 1 is 1.00 bits per heavy atom. The molecule has 0 bridgehead atoms. The number of aryl methyl sites for hydroxylation is 1. The van der Waals surface area contributed by atoms with Gasteiger partial charge in [0.05, 0.1) is 17.5 Å². The molecule has 1 fully saturated rings. The number of rotatable bonds is 13. The second-order valence-corrected chi connectivity index (χ2v) is 12.4. The summed E-state index contributed by atoms with van der Waals surface area (Å²) in [7, 11) is -3.66. The smallest absolute Gasteiger partial charge is 0.238 e. The topological polar surface area (TPSA) is 114 Å². The molecule has 10 heteroatoms. The Labute approximate surface area is 227 Å². The van der Waals surface area contributed by atoms with Gasteiger partial charge >= 0.3 is 0 Å². The van der Waals surface area contributed by atoms with Crippen molar-refractivity contribution in [3.63, 3.8) is 0 Å². The Morgan fingerprint density at radius 2 is 1.71 bits per heavy atom. The lowest BCUT2D eigenvalue weighted by Crippen LogP contribution is -2.56. The summed E-state index contributed by atoms with van der Waals surface area (Å²) in [5.74, 6) is -1.42. The van der Waals surface area contributed by atoms with Crippen LogP contribution in [0.25, 0.3) is 0 Å². The molecule has 1 unspecified atom stereocenters. The summed E-state index contributed by atoms with van der Waals surface area (Å²) < 4.78 is 32.0. The minimum Gasteiger partial charge on any atom is -0.363 e. The molecule has 0 radical (unpaired) electrons. The van der Waals surface area contributed by atoms with Gasteiger partial charge < -0.3 is 10.1 Å². The van der Waals surface area contributed by atoms with Crippen molar-refractivity contribution in [3.8, 4) is 0 Å². The number of ketones is 1. The molecule has 1 aliphatic rings. The molecule has 4 rings (SSSR count). The van der Waals surface area contributed by atoms with Crippen LogP contribution in [0.1, 0.15) is 46.6 Å². The number of carbonyl (C=O) groups is 2. The molecule has 0 spiro atoms. The van der Waals surface area contributed by atoms with Gasteiger partial charge in [-0.05, 0) is 43.2 Å². The maximum Gasteiger partial charge on any atom is 0.238 e. The van der Waals surface area contributed by atoms with E-state index in [2.05, 4.69) is 15.6 Å². The molecule has 202 valence electrons. The molecule has 0 saturated carbocycles. The number of aromatic nitrogens is 1. The molecule has 1 aliphatic heterocycles. The third-order valence-electron chi connectivity index (χ3n) is 6.37. The lowest BCUT2D eigenvalue weighted by atomic mass is 10.0. The van der Waals surface area contributed by atoms with Crippen molar-refractivity contribution in [2.24, 2.45) is 0 Å². The average molecular weight is 556 g/mol. The van der Waals surface area contributed by atoms with Crippen molar-refractivity contribution in [3.05, 3.63) is 88.4 Å². The number of thiazole rings is 1. The zero-order valence-corrected chi connectivity index (χ0v) is 22.8. The minimum absolute atomic E-state index is 0.180. The molecule has 0 aliphatic carbocycles. The molecular weight excluding hydrogens is 522 g/mol. The van der Waals surface area contributed by atoms with Crippen molar-refractivity contribution in [1.82, 2.24) is 15.6 Å². The maximum absolute atomic E-state index is 13.6. The van der Waals surface area contributed by atoms with E-state index in [0.717, 1.165) is 18.4 Å². The van der Waals surface area contributed by atoms with Crippen LogP contribution in [-0.2, 0) is 31.5 Å². The lowest BCUT2D eigenvalue weighted by Gasteiger charge is -2.29. The van der Waals surface area contributed by atoms with E-state index in [1.807, 2.05) is 36.4 Å². The van der Waals surface area contributed by atoms with Crippen molar-refractivity contribution < 1.29 is 22.7 Å². The molecule has 3 aromatic rings. The third-order valence-corrected chi connectivity index (χ3v) is 8.78. The zero-order valence-electron chi connectivity index (χ0n) is 21.1. The van der Waals surface area contributed by atoms with Gasteiger partial charge in [0.2, 0.25) is 11.7 Å². The van der Waals surface area contributed by atoms with Gasteiger partial charge in [-0.3, -0.25) is 14.9 Å². The lowest BCUT2D eigenvalue weighted by molar-refractivity contribution is -0.125. The van der Waals surface area contributed by atoms with E-state index in [0.29, 0.717) is 36.4 Å². The van der Waals surface area contributed by atoms with Crippen LogP contribution in [0, 0.1) is 0 Å². The second-order valence-electron chi connectivity index (χ2n) is 9.40. The van der Waals surface area contributed by atoms with Gasteiger partial charge in [0, 0.05) is 18.2 Å². The number of Topliss-reactive ketones (excluding diaryl/α,β-unsaturated/α-hetero) is 1. The largest absolute Gasteiger partial charge is 0.363 e. The highest BCUT2D eigenvalue weighted by Gasteiger charge is 2.32. The summed E-state index contributed by atoms with van der Waals surface area (Å²) >= 11 is 1.21. The van der Waals surface area contributed by atoms with E-state index in [4.69, 9.17) is 4.74 Å². The van der Waals surface area contributed by atoms with Crippen LogP contribution in [0.2, 0.25) is 0 Å². The number of sulfone groups is 1. The number of nitrogens with zero attached hydrogens (tertiary/aromatic N) is 1. The van der Waals surface area contributed by atoms with Gasteiger partial charge in [-0.2, -0.15) is 0 Å². The number of amides is 1. The van der Waals surface area contributed by atoms with Crippen LogP contribution in [-0.4, -0.2) is 55.8 Å². The Balaban J connectivity index is 1.51. The Morgan fingerprint density at radius 3 is 2.34 bits per heavy atom. The van der Waals surface area contributed by atoms with Crippen molar-refractivity contribution in [2.75, 3.05) is 12.4 Å². The number of ether oxygens (including phenoxy) is 1. The first kappa shape index (κ1) is 28.1. The highest BCUT2D eigenvalue weighted by molar-refractivity contribution is 7.90. The van der Waals surface area contributed by atoms with Crippen molar-refractivity contribution >= 4 is 32.9 Å². The van der Waals surface area contributed by atoms with Crippen LogP contribution in [0.15, 0.2) is 72.2 Å². The van der Waals surface area contributed by atoms with Gasteiger partial charge in [-0.15, -0.1) is 11.3 Å². The summed E-state index contributed by atoms with van der Waals surface area (Å²) in [5.41, 5.74) is 1.69. The Kier molecular flexibility index (Phi) is 10.2. The third kappa shape index (κ3) is 8.56. The summed E-state index contributed by atoms with van der Waals surface area (Å²) in [6.45, 7) is 0.547. The SMILES string of the molecule is O=C(c1nccs1)C(CCc1ccccc1)NC(=O)[C@@H](CS(=O)(=O)Cc1ccccc1)N[C@H]1CCCCO1. The molecule has 38 heavy (non-hydrogen) atoms. The first-order chi connectivity index (χ1) is 18.4. The first-order valence-electron chi connectivity index (χ1n) is 12.8. The van der Waals surface area contributed by atoms with Crippen LogP contribution in [0.4, 0.5) is 0 Å². The number of carbonyl (C=O) groups excluding carboxylic acids is 2.